The van der Waals surface area contributed by atoms with E-state index in [1.165, 1.54) is 12.1 Å². The minimum Gasteiger partial charge on any atom is -0.492 e. The second-order valence-corrected chi connectivity index (χ2v) is 5.91. The average Bonchev–Trinajstić information content (AvgIpc) is 2.35. The molecule has 0 aliphatic rings. The van der Waals surface area contributed by atoms with E-state index in [9.17, 15) is 8.42 Å². The summed E-state index contributed by atoms with van der Waals surface area (Å²) in [7, 11) is -3.65. The highest BCUT2D eigenvalue weighted by molar-refractivity contribution is 7.89. The van der Waals surface area contributed by atoms with Crippen LogP contribution in [0, 0.1) is 6.92 Å². The van der Waals surface area contributed by atoms with Gasteiger partial charge in [0.1, 0.15) is 12.4 Å². The van der Waals surface area contributed by atoms with Gasteiger partial charge in [-0.15, -0.1) is 0 Å². The molecular formula is C13H22N2O3S. The van der Waals surface area contributed by atoms with Crippen LogP contribution in [0.15, 0.2) is 23.1 Å². The van der Waals surface area contributed by atoms with E-state index in [2.05, 4.69) is 18.7 Å². The molecule has 0 bridgehead atoms. The second-order valence-electron chi connectivity index (χ2n) is 4.35. The topological polar surface area (TPSA) is 72.6 Å². The van der Waals surface area contributed by atoms with Crippen LogP contribution >= 0.6 is 0 Å². The van der Waals surface area contributed by atoms with E-state index in [1.54, 1.807) is 13.0 Å². The number of sulfonamides is 1. The molecule has 0 aliphatic heterocycles. The number of nitrogens with zero attached hydrogens (tertiary/aromatic N) is 1. The summed E-state index contributed by atoms with van der Waals surface area (Å²) in [5, 5.41) is 5.08. The van der Waals surface area contributed by atoms with Gasteiger partial charge >= 0.3 is 0 Å². The highest BCUT2D eigenvalue weighted by Crippen LogP contribution is 2.21. The van der Waals surface area contributed by atoms with Gasteiger partial charge in [0.15, 0.2) is 0 Å². The SMILES string of the molecule is CCN(CC)CCOc1ccc(S(N)(=O)=O)cc1C. The first-order valence-electron chi connectivity index (χ1n) is 6.37. The third kappa shape index (κ3) is 4.81. The summed E-state index contributed by atoms with van der Waals surface area (Å²) in [4.78, 5) is 2.37. The molecule has 0 spiro atoms. The lowest BCUT2D eigenvalue weighted by Crippen LogP contribution is -2.28. The lowest BCUT2D eigenvalue weighted by molar-refractivity contribution is 0.222. The van der Waals surface area contributed by atoms with E-state index in [0.29, 0.717) is 12.4 Å². The molecule has 5 nitrogen and oxygen atoms in total. The van der Waals surface area contributed by atoms with Crippen molar-refractivity contribution in [2.24, 2.45) is 5.14 Å². The van der Waals surface area contributed by atoms with Gasteiger partial charge in [0.05, 0.1) is 4.90 Å². The fraction of sp³-hybridized carbons (Fsp3) is 0.538. The van der Waals surface area contributed by atoms with Crippen LogP contribution in [0.2, 0.25) is 0 Å². The maximum absolute atomic E-state index is 11.2. The van der Waals surface area contributed by atoms with Crippen molar-refractivity contribution in [1.82, 2.24) is 4.90 Å². The van der Waals surface area contributed by atoms with Gasteiger partial charge in [0, 0.05) is 6.54 Å². The van der Waals surface area contributed by atoms with Crippen molar-refractivity contribution in [3.05, 3.63) is 23.8 Å². The molecule has 0 saturated carbocycles. The number of aryl methyl sites for hydroxylation is 1. The Labute approximate surface area is 115 Å². The average molecular weight is 286 g/mol. The Kier molecular flexibility index (Phi) is 5.78. The Bertz CT molecular complexity index is 511. The van der Waals surface area contributed by atoms with Gasteiger partial charge in [-0.1, -0.05) is 13.8 Å². The normalized spacial score (nSPS) is 11.8. The van der Waals surface area contributed by atoms with Crippen molar-refractivity contribution in [2.75, 3.05) is 26.2 Å². The summed E-state index contributed by atoms with van der Waals surface area (Å²) in [5.41, 5.74) is 0.770. The molecule has 1 aromatic carbocycles. The fourth-order valence-electron chi connectivity index (χ4n) is 1.79. The van der Waals surface area contributed by atoms with Crippen LogP contribution in [0.3, 0.4) is 0 Å². The molecule has 0 unspecified atom stereocenters. The summed E-state index contributed by atoms with van der Waals surface area (Å²) >= 11 is 0. The summed E-state index contributed by atoms with van der Waals surface area (Å²) in [5.74, 6) is 0.694. The van der Waals surface area contributed by atoms with E-state index in [4.69, 9.17) is 9.88 Å². The van der Waals surface area contributed by atoms with E-state index >= 15 is 0 Å². The molecule has 0 saturated heterocycles. The van der Waals surface area contributed by atoms with Gasteiger partial charge in [-0.3, -0.25) is 0 Å². The van der Waals surface area contributed by atoms with Gasteiger partial charge < -0.3 is 9.64 Å². The molecule has 0 atom stereocenters. The molecule has 0 aromatic heterocycles. The number of hydrogen-bond acceptors (Lipinski definition) is 4. The highest BCUT2D eigenvalue weighted by atomic mass is 32.2. The summed E-state index contributed by atoms with van der Waals surface area (Å²) in [6.45, 7) is 9.43. The van der Waals surface area contributed by atoms with E-state index < -0.39 is 10.0 Å². The van der Waals surface area contributed by atoms with Crippen LogP contribution in [0.4, 0.5) is 0 Å². The molecule has 0 aliphatic carbocycles. The third-order valence-electron chi connectivity index (χ3n) is 3.03. The van der Waals surface area contributed by atoms with Crippen LogP contribution in [-0.2, 0) is 10.0 Å². The standard InChI is InChI=1S/C13H22N2O3S/c1-4-15(5-2)8-9-18-13-7-6-12(10-11(13)3)19(14,16)17/h6-7,10H,4-5,8-9H2,1-3H3,(H2,14,16,17). The first-order valence-corrected chi connectivity index (χ1v) is 7.91. The molecular weight excluding hydrogens is 264 g/mol. The monoisotopic (exact) mass is 286 g/mol. The summed E-state index contributed by atoms with van der Waals surface area (Å²) < 4.78 is 28.1. The lowest BCUT2D eigenvalue weighted by Gasteiger charge is -2.18. The first kappa shape index (κ1) is 15.9. The minimum atomic E-state index is -3.65. The number of benzene rings is 1. The smallest absolute Gasteiger partial charge is 0.238 e. The molecule has 0 radical (unpaired) electrons. The zero-order valence-corrected chi connectivity index (χ0v) is 12.5. The molecule has 2 N–H and O–H groups in total. The fourth-order valence-corrected chi connectivity index (χ4v) is 2.38. The predicted molar refractivity (Wildman–Crippen MR) is 75.8 cm³/mol. The van der Waals surface area contributed by atoms with Crippen LogP contribution < -0.4 is 9.88 Å². The molecule has 108 valence electrons. The van der Waals surface area contributed by atoms with Crippen molar-refractivity contribution in [2.45, 2.75) is 25.7 Å². The first-order chi connectivity index (χ1) is 8.88. The summed E-state index contributed by atoms with van der Waals surface area (Å²) in [6, 6.07) is 4.65. The summed E-state index contributed by atoms with van der Waals surface area (Å²) in [6.07, 6.45) is 0. The van der Waals surface area contributed by atoms with Crippen LogP contribution in [0.25, 0.3) is 0 Å². The molecule has 0 fully saturated rings. The van der Waals surface area contributed by atoms with Gasteiger partial charge in [-0.25, -0.2) is 13.6 Å². The van der Waals surface area contributed by atoms with Crippen molar-refractivity contribution >= 4 is 10.0 Å². The number of primary sulfonamides is 1. The zero-order chi connectivity index (χ0) is 14.5. The Hall–Kier alpha value is -1.11. The Morgan fingerprint density at radius 3 is 2.37 bits per heavy atom. The lowest BCUT2D eigenvalue weighted by atomic mass is 10.2. The second kappa shape index (κ2) is 6.88. The van der Waals surface area contributed by atoms with Crippen molar-refractivity contribution in [3.63, 3.8) is 0 Å². The minimum absolute atomic E-state index is 0.112. The van der Waals surface area contributed by atoms with Crippen LogP contribution in [0.1, 0.15) is 19.4 Å². The van der Waals surface area contributed by atoms with Gasteiger partial charge in [-0.05, 0) is 43.8 Å². The van der Waals surface area contributed by atoms with Crippen molar-refractivity contribution in [3.8, 4) is 5.75 Å². The van der Waals surface area contributed by atoms with E-state index in [1.807, 2.05) is 0 Å². The van der Waals surface area contributed by atoms with Gasteiger partial charge in [0.25, 0.3) is 0 Å². The zero-order valence-electron chi connectivity index (χ0n) is 11.7. The van der Waals surface area contributed by atoms with Gasteiger partial charge in [0.2, 0.25) is 10.0 Å². The highest BCUT2D eigenvalue weighted by Gasteiger charge is 2.10. The Morgan fingerprint density at radius 1 is 1.26 bits per heavy atom. The quantitative estimate of drug-likeness (QED) is 0.821. The number of nitrogens with two attached hydrogens (primary N) is 1. The maximum Gasteiger partial charge on any atom is 0.238 e. The number of hydrogen-bond donors (Lipinski definition) is 1. The number of rotatable bonds is 7. The van der Waals surface area contributed by atoms with Crippen molar-refractivity contribution < 1.29 is 13.2 Å². The van der Waals surface area contributed by atoms with Gasteiger partial charge in [-0.2, -0.15) is 0 Å². The molecule has 1 rings (SSSR count). The van der Waals surface area contributed by atoms with Crippen molar-refractivity contribution in [1.29, 1.82) is 0 Å². The molecule has 19 heavy (non-hydrogen) atoms. The maximum atomic E-state index is 11.2. The molecule has 0 heterocycles. The van der Waals surface area contributed by atoms with Crippen LogP contribution in [0.5, 0.6) is 5.75 Å². The Balaban J connectivity index is 2.66. The van der Waals surface area contributed by atoms with E-state index in [-0.39, 0.29) is 4.90 Å². The molecule has 6 heteroatoms. The van der Waals surface area contributed by atoms with Crippen LogP contribution in [-0.4, -0.2) is 39.6 Å². The molecule has 0 amide bonds. The predicted octanol–water partition coefficient (Wildman–Crippen LogP) is 1.36. The number of likely N-dealkylation sites (N-methyl/N-ethyl adjacent to an activating group) is 1. The largest absolute Gasteiger partial charge is 0.492 e. The third-order valence-corrected chi connectivity index (χ3v) is 3.95. The number of ether oxygens (including phenoxy) is 1. The Morgan fingerprint density at radius 2 is 1.89 bits per heavy atom. The van der Waals surface area contributed by atoms with E-state index in [0.717, 1.165) is 25.2 Å². The molecule has 1 aromatic rings.